The number of hydrogen-bond acceptors (Lipinski definition) is 3. The molecule has 1 heterocycles. The standard InChI is InChI=1S/C22H32N2O3/c1-18-7-10-20(11-8-18)27-17-22(26)24-15-13-23(14-16-24)21(25)12-9-19-5-3-2-4-6-19/h7-8,10-11,19H,2-6,9,12-17H2,1H3. The molecule has 1 aliphatic carbocycles. The van der Waals surface area contributed by atoms with E-state index in [0.29, 0.717) is 38.3 Å². The second-order valence-electron chi connectivity index (χ2n) is 7.91. The van der Waals surface area contributed by atoms with Crippen molar-refractivity contribution in [2.45, 2.75) is 51.9 Å². The van der Waals surface area contributed by atoms with Gasteiger partial charge in [-0.25, -0.2) is 0 Å². The average molecular weight is 373 g/mol. The first-order chi connectivity index (χ1) is 13.1. The van der Waals surface area contributed by atoms with Crippen molar-refractivity contribution in [3.63, 3.8) is 0 Å². The van der Waals surface area contributed by atoms with Crippen molar-refractivity contribution in [1.29, 1.82) is 0 Å². The van der Waals surface area contributed by atoms with Crippen LogP contribution in [0.15, 0.2) is 24.3 Å². The van der Waals surface area contributed by atoms with Gasteiger partial charge in [0.15, 0.2) is 6.61 Å². The smallest absolute Gasteiger partial charge is 0.260 e. The Kier molecular flexibility index (Phi) is 7.13. The molecule has 1 saturated heterocycles. The van der Waals surface area contributed by atoms with Gasteiger partial charge in [0.2, 0.25) is 5.91 Å². The Bertz CT molecular complexity index is 615. The molecular weight excluding hydrogens is 340 g/mol. The fourth-order valence-corrected chi connectivity index (χ4v) is 4.04. The van der Waals surface area contributed by atoms with Crippen LogP contribution in [0.25, 0.3) is 0 Å². The summed E-state index contributed by atoms with van der Waals surface area (Å²) in [5, 5.41) is 0. The van der Waals surface area contributed by atoms with Crippen LogP contribution in [0.1, 0.15) is 50.5 Å². The van der Waals surface area contributed by atoms with Crippen molar-refractivity contribution in [3.8, 4) is 5.75 Å². The van der Waals surface area contributed by atoms with E-state index in [-0.39, 0.29) is 18.4 Å². The largest absolute Gasteiger partial charge is 0.484 e. The molecule has 5 heteroatoms. The van der Waals surface area contributed by atoms with Gasteiger partial charge in [-0.1, -0.05) is 49.8 Å². The summed E-state index contributed by atoms with van der Waals surface area (Å²) in [4.78, 5) is 28.5. The third-order valence-corrected chi connectivity index (χ3v) is 5.86. The van der Waals surface area contributed by atoms with Crippen molar-refractivity contribution < 1.29 is 14.3 Å². The Morgan fingerprint density at radius 1 is 0.926 bits per heavy atom. The monoisotopic (exact) mass is 372 g/mol. The zero-order valence-corrected chi connectivity index (χ0v) is 16.5. The van der Waals surface area contributed by atoms with E-state index in [4.69, 9.17) is 4.74 Å². The molecular formula is C22H32N2O3. The second kappa shape index (κ2) is 9.77. The lowest BCUT2D eigenvalue weighted by atomic mass is 9.86. The molecule has 148 valence electrons. The maximum atomic E-state index is 12.5. The van der Waals surface area contributed by atoms with E-state index < -0.39 is 0 Å². The van der Waals surface area contributed by atoms with Gasteiger partial charge in [0.25, 0.3) is 5.91 Å². The Hall–Kier alpha value is -2.04. The third-order valence-electron chi connectivity index (χ3n) is 5.86. The first-order valence-electron chi connectivity index (χ1n) is 10.4. The van der Waals surface area contributed by atoms with Gasteiger partial charge < -0.3 is 14.5 Å². The van der Waals surface area contributed by atoms with E-state index in [1.807, 2.05) is 36.1 Å². The van der Waals surface area contributed by atoms with E-state index >= 15 is 0 Å². The summed E-state index contributed by atoms with van der Waals surface area (Å²) < 4.78 is 5.58. The predicted octanol–water partition coefficient (Wildman–Crippen LogP) is 3.41. The number of hydrogen-bond donors (Lipinski definition) is 0. The molecule has 2 amide bonds. The molecule has 1 aromatic rings. The highest BCUT2D eigenvalue weighted by atomic mass is 16.5. The molecule has 0 unspecified atom stereocenters. The normalized spacial score (nSPS) is 18.4. The molecule has 0 radical (unpaired) electrons. The lowest BCUT2D eigenvalue weighted by molar-refractivity contribution is -0.140. The van der Waals surface area contributed by atoms with Crippen LogP contribution in [0.3, 0.4) is 0 Å². The summed E-state index contributed by atoms with van der Waals surface area (Å²) in [5.41, 5.74) is 1.16. The van der Waals surface area contributed by atoms with E-state index in [0.717, 1.165) is 17.9 Å². The summed E-state index contributed by atoms with van der Waals surface area (Å²) in [7, 11) is 0. The molecule has 0 N–H and O–H groups in total. The molecule has 2 aliphatic rings. The minimum atomic E-state index is -0.00937. The van der Waals surface area contributed by atoms with Crippen LogP contribution in [-0.2, 0) is 9.59 Å². The van der Waals surface area contributed by atoms with Crippen LogP contribution in [0.5, 0.6) is 5.75 Å². The first-order valence-corrected chi connectivity index (χ1v) is 10.4. The molecule has 2 fully saturated rings. The van der Waals surface area contributed by atoms with Gasteiger partial charge >= 0.3 is 0 Å². The maximum Gasteiger partial charge on any atom is 0.260 e. The van der Waals surface area contributed by atoms with Gasteiger partial charge in [0.1, 0.15) is 5.75 Å². The number of rotatable bonds is 6. The van der Waals surface area contributed by atoms with Gasteiger partial charge in [-0.05, 0) is 31.4 Å². The Labute approximate surface area is 162 Å². The zero-order chi connectivity index (χ0) is 19.1. The molecule has 1 aliphatic heterocycles. The number of benzene rings is 1. The van der Waals surface area contributed by atoms with Gasteiger partial charge in [-0.2, -0.15) is 0 Å². The maximum absolute atomic E-state index is 12.5. The summed E-state index contributed by atoms with van der Waals surface area (Å²) in [6, 6.07) is 7.70. The molecule has 1 saturated carbocycles. The van der Waals surface area contributed by atoms with Crippen molar-refractivity contribution in [2.75, 3.05) is 32.8 Å². The molecule has 3 rings (SSSR count). The highest BCUT2D eigenvalue weighted by molar-refractivity contribution is 5.79. The van der Waals surface area contributed by atoms with Crippen molar-refractivity contribution in [2.24, 2.45) is 5.92 Å². The minimum absolute atomic E-state index is 0.00937. The summed E-state index contributed by atoms with van der Waals surface area (Å²) in [6.07, 6.45) is 8.27. The first kappa shape index (κ1) is 19.7. The Morgan fingerprint density at radius 3 is 2.15 bits per heavy atom. The predicted molar refractivity (Wildman–Crippen MR) is 106 cm³/mol. The van der Waals surface area contributed by atoms with Crippen molar-refractivity contribution in [3.05, 3.63) is 29.8 Å². The summed E-state index contributed by atoms with van der Waals surface area (Å²) >= 11 is 0. The zero-order valence-electron chi connectivity index (χ0n) is 16.5. The van der Waals surface area contributed by atoms with E-state index in [1.54, 1.807) is 4.90 Å². The van der Waals surface area contributed by atoms with Crippen LogP contribution < -0.4 is 4.74 Å². The number of piperazine rings is 1. The highest BCUT2D eigenvalue weighted by Gasteiger charge is 2.25. The van der Waals surface area contributed by atoms with Crippen LogP contribution in [0, 0.1) is 12.8 Å². The molecule has 0 spiro atoms. The second-order valence-corrected chi connectivity index (χ2v) is 7.91. The fourth-order valence-electron chi connectivity index (χ4n) is 4.04. The van der Waals surface area contributed by atoms with Crippen molar-refractivity contribution in [1.82, 2.24) is 9.80 Å². The fraction of sp³-hybridized carbons (Fsp3) is 0.636. The molecule has 0 aromatic heterocycles. The van der Waals surface area contributed by atoms with Gasteiger partial charge in [-0.3, -0.25) is 9.59 Å². The topological polar surface area (TPSA) is 49.9 Å². The molecule has 5 nitrogen and oxygen atoms in total. The SMILES string of the molecule is Cc1ccc(OCC(=O)N2CCN(C(=O)CCC3CCCCC3)CC2)cc1. The van der Waals surface area contributed by atoms with E-state index in [2.05, 4.69) is 0 Å². The number of aryl methyl sites for hydroxylation is 1. The lowest BCUT2D eigenvalue weighted by Crippen LogP contribution is -2.51. The Morgan fingerprint density at radius 2 is 1.52 bits per heavy atom. The van der Waals surface area contributed by atoms with E-state index in [9.17, 15) is 9.59 Å². The van der Waals surface area contributed by atoms with Crippen LogP contribution >= 0.6 is 0 Å². The number of nitrogens with zero attached hydrogens (tertiary/aromatic N) is 2. The van der Waals surface area contributed by atoms with Crippen LogP contribution in [-0.4, -0.2) is 54.4 Å². The molecule has 0 atom stereocenters. The lowest BCUT2D eigenvalue weighted by Gasteiger charge is -2.35. The molecule has 0 bridgehead atoms. The average Bonchev–Trinajstić information content (AvgIpc) is 2.72. The highest BCUT2D eigenvalue weighted by Crippen LogP contribution is 2.27. The summed E-state index contributed by atoms with van der Waals surface area (Å²) in [6.45, 7) is 4.56. The minimum Gasteiger partial charge on any atom is -0.484 e. The van der Waals surface area contributed by atoms with Gasteiger partial charge in [-0.15, -0.1) is 0 Å². The van der Waals surface area contributed by atoms with Crippen LogP contribution in [0.2, 0.25) is 0 Å². The number of ether oxygens (including phenoxy) is 1. The number of carbonyl (C=O) groups excluding carboxylic acids is 2. The Balaban J connectivity index is 1.35. The van der Waals surface area contributed by atoms with E-state index in [1.165, 1.54) is 32.1 Å². The van der Waals surface area contributed by atoms with Gasteiger partial charge in [0.05, 0.1) is 0 Å². The van der Waals surface area contributed by atoms with Gasteiger partial charge in [0, 0.05) is 32.6 Å². The van der Waals surface area contributed by atoms with Crippen LogP contribution in [0.4, 0.5) is 0 Å². The number of carbonyl (C=O) groups is 2. The quantitative estimate of drug-likeness (QED) is 0.769. The number of amides is 2. The van der Waals surface area contributed by atoms with Crippen molar-refractivity contribution >= 4 is 11.8 Å². The molecule has 27 heavy (non-hydrogen) atoms. The summed E-state index contributed by atoms with van der Waals surface area (Å²) in [5.74, 6) is 1.70. The molecule has 1 aromatic carbocycles. The third kappa shape index (κ3) is 5.98.